The van der Waals surface area contributed by atoms with Gasteiger partial charge in [-0.1, -0.05) is 12.1 Å². The number of carbonyl (C=O) groups excluding carboxylic acids is 1. The third kappa shape index (κ3) is 2.48. The summed E-state index contributed by atoms with van der Waals surface area (Å²) >= 11 is 1.49. The molecule has 3 nitrogen and oxygen atoms in total. The van der Waals surface area contributed by atoms with E-state index in [0.29, 0.717) is 11.3 Å². The van der Waals surface area contributed by atoms with Crippen molar-refractivity contribution >= 4 is 22.9 Å². The van der Waals surface area contributed by atoms with E-state index in [0.717, 1.165) is 5.56 Å². The zero-order chi connectivity index (χ0) is 11.4. The van der Waals surface area contributed by atoms with Gasteiger partial charge < -0.3 is 10.4 Å². The van der Waals surface area contributed by atoms with Gasteiger partial charge in [-0.05, 0) is 29.1 Å². The van der Waals surface area contributed by atoms with Gasteiger partial charge in [0.1, 0.15) is 0 Å². The van der Waals surface area contributed by atoms with Crippen molar-refractivity contribution < 1.29 is 9.90 Å². The summed E-state index contributed by atoms with van der Waals surface area (Å²) < 4.78 is 0. The highest BCUT2D eigenvalue weighted by molar-refractivity contribution is 7.08. The Bertz CT molecular complexity index is 480. The zero-order valence-electron chi connectivity index (χ0n) is 8.51. The number of amides is 1. The van der Waals surface area contributed by atoms with E-state index in [9.17, 15) is 4.79 Å². The first-order chi connectivity index (χ1) is 7.79. The number of benzene rings is 1. The lowest BCUT2D eigenvalue weighted by atomic mass is 10.2. The van der Waals surface area contributed by atoms with Gasteiger partial charge in [-0.2, -0.15) is 11.3 Å². The Morgan fingerprint density at radius 3 is 2.94 bits per heavy atom. The van der Waals surface area contributed by atoms with Crippen molar-refractivity contribution in [2.75, 3.05) is 5.32 Å². The first kappa shape index (κ1) is 10.9. The van der Waals surface area contributed by atoms with Gasteiger partial charge in [0.25, 0.3) is 5.91 Å². The van der Waals surface area contributed by atoms with E-state index in [1.807, 2.05) is 5.38 Å². The number of hydrogen-bond donors (Lipinski definition) is 2. The second-order valence-corrected chi connectivity index (χ2v) is 4.10. The molecular weight excluding hydrogens is 222 g/mol. The fourth-order valence-corrected chi connectivity index (χ4v) is 1.98. The quantitative estimate of drug-likeness (QED) is 0.855. The molecule has 0 saturated heterocycles. The molecule has 2 rings (SSSR count). The highest BCUT2D eigenvalue weighted by atomic mass is 32.1. The van der Waals surface area contributed by atoms with Crippen LogP contribution in [0.5, 0.6) is 0 Å². The average molecular weight is 233 g/mol. The van der Waals surface area contributed by atoms with Gasteiger partial charge in [0.2, 0.25) is 0 Å². The molecule has 0 aliphatic carbocycles. The Labute approximate surface area is 97.4 Å². The van der Waals surface area contributed by atoms with Crippen LogP contribution in [0.3, 0.4) is 0 Å². The summed E-state index contributed by atoms with van der Waals surface area (Å²) in [7, 11) is 0. The lowest BCUT2D eigenvalue weighted by molar-refractivity contribution is 0.102. The fourth-order valence-electron chi connectivity index (χ4n) is 1.34. The molecule has 4 heteroatoms. The summed E-state index contributed by atoms with van der Waals surface area (Å²) in [5.41, 5.74) is 2.13. The van der Waals surface area contributed by atoms with Crippen molar-refractivity contribution in [2.24, 2.45) is 0 Å². The Balaban J connectivity index is 2.12. The summed E-state index contributed by atoms with van der Waals surface area (Å²) in [6.45, 7) is -0.0256. The number of carbonyl (C=O) groups is 1. The third-order valence-electron chi connectivity index (χ3n) is 2.15. The summed E-state index contributed by atoms with van der Waals surface area (Å²) in [4.78, 5) is 11.7. The molecule has 2 aromatic rings. The van der Waals surface area contributed by atoms with Gasteiger partial charge in [0.15, 0.2) is 0 Å². The first-order valence-corrected chi connectivity index (χ1v) is 5.77. The van der Waals surface area contributed by atoms with Gasteiger partial charge in [0, 0.05) is 11.1 Å². The monoisotopic (exact) mass is 233 g/mol. The molecule has 0 fully saturated rings. The van der Waals surface area contributed by atoms with E-state index in [1.54, 1.807) is 35.7 Å². The van der Waals surface area contributed by atoms with Crippen molar-refractivity contribution in [3.63, 3.8) is 0 Å². The zero-order valence-corrected chi connectivity index (χ0v) is 9.33. The largest absolute Gasteiger partial charge is 0.392 e. The highest BCUT2D eigenvalue weighted by Crippen LogP contribution is 2.13. The minimum atomic E-state index is -0.128. The second-order valence-electron chi connectivity index (χ2n) is 3.32. The van der Waals surface area contributed by atoms with Crippen molar-refractivity contribution in [1.29, 1.82) is 0 Å². The number of rotatable bonds is 3. The smallest absolute Gasteiger partial charge is 0.256 e. The number of aliphatic hydroxyl groups excluding tert-OH is 1. The molecule has 0 spiro atoms. The topological polar surface area (TPSA) is 49.3 Å². The Hall–Kier alpha value is -1.65. The molecule has 1 aromatic heterocycles. The minimum absolute atomic E-state index is 0.0256. The third-order valence-corrected chi connectivity index (χ3v) is 2.83. The van der Waals surface area contributed by atoms with E-state index in [4.69, 9.17) is 5.11 Å². The Morgan fingerprint density at radius 2 is 2.25 bits per heavy atom. The van der Waals surface area contributed by atoms with Gasteiger partial charge in [-0.15, -0.1) is 0 Å². The van der Waals surface area contributed by atoms with Crippen LogP contribution < -0.4 is 5.32 Å². The van der Waals surface area contributed by atoms with E-state index in [2.05, 4.69) is 5.32 Å². The highest BCUT2D eigenvalue weighted by Gasteiger charge is 2.05. The maximum Gasteiger partial charge on any atom is 0.256 e. The van der Waals surface area contributed by atoms with Gasteiger partial charge in [0.05, 0.1) is 12.2 Å². The summed E-state index contributed by atoms with van der Waals surface area (Å²) in [6.07, 6.45) is 0. The van der Waals surface area contributed by atoms with Crippen molar-refractivity contribution in [2.45, 2.75) is 6.61 Å². The van der Waals surface area contributed by atoms with Crippen LogP contribution in [0.1, 0.15) is 15.9 Å². The van der Waals surface area contributed by atoms with Crippen molar-refractivity contribution in [3.8, 4) is 0 Å². The van der Waals surface area contributed by atoms with Crippen LogP contribution in [0.4, 0.5) is 5.69 Å². The van der Waals surface area contributed by atoms with Crippen LogP contribution in [0.15, 0.2) is 41.1 Å². The Morgan fingerprint density at radius 1 is 1.38 bits per heavy atom. The number of aliphatic hydroxyl groups is 1. The summed E-state index contributed by atoms with van der Waals surface area (Å²) in [5.74, 6) is -0.128. The number of nitrogens with one attached hydrogen (secondary N) is 1. The predicted octanol–water partition coefficient (Wildman–Crippen LogP) is 2.49. The second kappa shape index (κ2) is 4.92. The molecule has 0 atom stereocenters. The molecule has 82 valence electrons. The molecule has 1 heterocycles. The SMILES string of the molecule is O=C(Nc1cccc(CO)c1)c1ccsc1. The standard InChI is InChI=1S/C12H11NO2S/c14-7-9-2-1-3-11(6-9)13-12(15)10-4-5-16-8-10/h1-6,8,14H,7H2,(H,13,15). The molecule has 1 amide bonds. The molecule has 0 aliphatic rings. The molecule has 0 saturated carbocycles. The van der Waals surface area contributed by atoms with Gasteiger partial charge in [-0.25, -0.2) is 0 Å². The number of thiophene rings is 1. The molecular formula is C12H11NO2S. The molecule has 0 unspecified atom stereocenters. The molecule has 0 bridgehead atoms. The van der Waals surface area contributed by atoms with E-state index >= 15 is 0 Å². The summed E-state index contributed by atoms with van der Waals surface area (Å²) in [6, 6.07) is 8.93. The number of anilines is 1. The van der Waals surface area contributed by atoms with E-state index in [1.165, 1.54) is 11.3 Å². The minimum Gasteiger partial charge on any atom is -0.392 e. The lowest BCUT2D eigenvalue weighted by Gasteiger charge is -2.05. The predicted molar refractivity (Wildman–Crippen MR) is 64.6 cm³/mol. The number of hydrogen-bond acceptors (Lipinski definition) is 3. The fraction of sp³-hybridized carbons (Fsp3) is 0.0833. The van der Waals surface area contributed by atoms with Crippen molar-refractivity contribution in [3.05, 3.63) is 52.2 Å². The van der Waals surface area contributed by atoms with Crippen LogP contribution in [-0.2, 0) is 6.61 Å². The molecule has 1 aromatic carbocycles. The maximum absolute atomic E-state index is 11.7. The van der Waals surface area contributed by atoms with Gasteiger partial charge in [-0.3, -0.25) is 4.79 Å². The van der Waals surface area contributed by atoms with Crippen LogP contribution >= 0.6 is 11.3 Å². The van der Waals surface area contributed by atoms with Crippen molar-refractivity contribution in [1.82, 2.24) is 0 Å². The molecule has 0 radical (unpaired) electrons. The van der Waals surface area contributed by atoms with Crippen LogP contribution in [0, 0.1) is 0 Å². The maximum atomic E-state index is 11.7. The van der Waals surface area contributed by atoms with Crippen LogP contribution in [0.25, 0.3) is 0 Å². The van der Waals surface area contributed by atoms with Crippen LogP contribution in [0.2, 0.25) is 0 Å². The molecule has 2 N–H and O–H groups in total. The normalized spacial score (nSPS) is 10.1. The van der Waals surface area contributed by atoms with E-state index in [-0.39, 0.29) is 12.5 Å². The lowest BCUT2D eigenvalue weighted by Crippen LogP contribution is -2.10. The molecule has 16 heavy (non-hydrogen) atoms. The molecule has 0 aliphatic heterocycles. The average Bonchev–Trinajstić information content (AvgIpc) is 2.83. The summed E-state index contributed by atoms with van der Waals surface area (Å²) in [5, 5.41) is 15.4. The van der Waals surface area contributed by atoms with Gasteiger partial charge >= 0.3 is 0 Å². The Kier molecular flexibility index (Phi) is 3.34. The first-order valence-electron chi connectivity index (χ1n) is 4.83. The van der Waals surface area contributed by atoms with E-state index < -0.39 is 0 Å². The van der Waals surface area contributed by atoms with Crippen LogP contribution in [-0.4, -0.2) is 11.0 Å².